The third-order valence-corrected chi connectivity index (χ3v) is 3.13. The number of hydrogen-bond acceptors (Lipinski definition) is 4. The fourth-order valence-corrected chi connectivity index (χ4v) is 2.19. The summed E-state index contributed by atoms with van der Waals surface area (Å²) in [5.74, 6) is -2.94. The van der Waals surface area contributed by atoms with Crippen LogP contribution in [0.25, 0.3) is 0 Å². The first-order valence-electron chi connectivity index (χ1n) is 6.88. The molecule has 0 aliphatic carbocycles. The first kappa shape index (κ1) is 15.2. The van der Waals surface area contributed by atoms with Crippen LogP contribution in [0, 0.1) is 5.92 Å². The highest BCUT2D eigenvalue weighted by atomic mass is 16.6. The topological polar surface area (TPSA) is 63.7 Å². The first-order chi connectivity index (χ1) is 9.78. The van der Waals surface area contributed by atoms with E-state index in [9.17, 15) is 14.4 Å². The normalized spacial score (nSPS) is 19.0. The van der Waals surface area contributed by atoms with Gasteiger partial charge in [0.15, 0.2) is 0 Å². The Morgan fingerprint density at radius 1 is 1.24 bits per heavy atom. The smallest absolute Gasteiger partial charge is 0.319 e. The van der Waals surface area contributed by atoms with Gasteiger partial charge in [-0.05, 0) is 26.3 Å². The SMILES string of the molecule is CC(C)(C)OC(=O)C1CN(Cc2ccccc2)C(=O)C1=O. The van der Waals surface area contributed by atoms with Gasteiger partial charge in [-0.25, -0.2) is 0 Å². The first-order valence-corrected chi connectivity index (χ1v) is 6.88. The van der Waals surface area contributed by atoms with Crippen LogP contribution in [0.3, 0.4) is 0 Å². The number of nitrogens with zero attached hydrogens (tertiary/aromatic N) is 1. The van der Waals surface area contributed by atoms with E-state index in [1.54, 1.807) is 20.8 Å². The highest BCUT2D eigenvalue weighted by Crippen LogP contribution is 2.21. The number of Topliss-reactive ketones (excluding diaryl/α,β-unsaturated/α-hetero) is 1. The number of carbonyl (C=O) groups excluding carboxylic acids is 3. The summed E-state index contributed by atoms with van der Waals surface area (Å²) in [6.45, 7) is 5.60. The lowest BCUT2D eigenvalue weighted by Crippen LogP contribution is -2.32. The van der Waals surface area contributed by atoms with Crippen LogP contribution in [-0.2, 0) is 25.7 Å². The molecule has 112 valence electrons. The molecule has 1 aliphatic rings. The summed E-state index contributed by atoms with van der Waals surface area (Å²) in [4.78, 5) is 37.3. The number of rotatable bonds is 3. The molecule has 2 rings (SSSR count). The molecule has 0 bridgehead atoms. The van der Waals surface area contributed by atoms with E-state index in [1.807, 2.05) is 30.3 Å². The van der Waals surface area contributed by atoms with E-state index >= 15 is 0 Å². The lowest BCUT2D eigenvalue weighted by molar-refractivity contribution is -0.161. The molecule has 1 aromatic rings. The molecular formula is C16H19NO4. The number of esters is 1. The summed E-state index contributed by atoms with van der Waals surface area (Å²) in [6.07, 6.45) is 0. The van der Waals surface area contributed by atoms with Crippen LogP contribution in [0.4, 0.5) is 0 Å². The predicted molar refractivity (Wildman–Crippen MR) is 76.2 cm³/mol. The van der Waals surface area contributed by atoms with E-state index in [-0.39, 0.29) is 6.54 Å². The van der Waals surface area contributed by atoms with Crippen LogP contribution in [0.15, 0.2) is 30.3 Å². The lowest BCUT2D eigenvalue weighted by Gasteiger charge is -2.21. The molecule has 0 radical (unpaired) electrons. The number of amides is 1. The van der Waals surface area contributed by atoms with Crippen molar-refractivity contribution in [3.8, 4) is 0 Å². The highest BCUT2D eigenvalue weighted by Gasteiger charge is 2.44. The minimum Gasteiger partial charge on any atom is -0.459 e. The number of ketones is 1. The summed E-state index contributed by atoms with van der Waals surface area (Å²) in [5, 5.41) is 0. The van der Waals surface area contributed by atoms with Crippen molar-refractivity contribution in [1.82, 2.24) is 4.90 Å². The minimum absolute atomic E-state index is 0.0848. The molecule has 0 saturated carbocycles. The number of hydrogen-bond donors (Lipinski definition) is 0. The number of carbonyl (C=O) groups is 3. The van der Waals surface area contributed by atoms with Gasteiger partial charge in [0.25, 0.3) is 5.91 Å². The highest BCUT2D eigenvalue weighted by molar-refractivity contribution is 6.42. The van der Waals surface area contributed by atoms with Crippen molar-refractivity contribution in [2.24, 2.45) is 5.92 Å². The van der Waals surface area contributed by atoms with Gasteiger partial charge in [0.1, 0.15) is 11.5 Å². The van der Waals surface area contributed by atoms with Crippen molar-refractivity contribution in [3.63, 3.8) is 0 Å². The monoisotopic (exact) mass is 289 g/mol. The maximum atomic E-state index is 12.0. The molecule has 5 nitrogen and oxygen atoms in total. The lowest BCUT2D eigenvalue weighted by atomic mass is 10.1. The van der Waals surface area contributed by atoms with Crippen LogP contribution in [-0.4, -0.2) is 34.7 Å². The summed E-state index contributed by atoms with van der Waals surface area (Å²) in [5.41, 5.74) is 0.247. The van der Waals surface area contributed by atoms with E-state index < -0.39 is 29.2 Å². The molecule has 1 heterocycles. The summed E-state index contributed by atoms with van der Waals surface area (Å²) < 4.78 is 5.20. The maximum absolute atomic E-state index is 12.0. The van der Waals surface area contributed by atoms with Crippen molar-refractivity contribution in [3.05, 3.63) is 35.9 Å². The molecule has 0 spiro atoms. The van der Waals surface area contributed by atoms with E-state index in [4.69, 9.17) is 4.74 Å². The zero-order chi connectivity index (χ0) is 15.6. The molecule has 1 amide bonds. The number of benzene rings is 1. The fourth-order valence-electron chi connectivity index (χ4n) is 2.19. The Morgan fingerprint density at radius 3 is 2.43 bits per heavy atom. The molecule has 5 heteroatoms. The maximum Gasteiger partial charge on any atom is 0.319 e. The molecular weight excluding hydrogens is 270 g/mol. The van der Waals surface area contributed by atoms with Gasteiger partial charge in [0.2, 0.25) is 5.78 Å². The summed E-state index contributed by atoms with van der Waals surface area (Å²) in [7, 11) is 0. The fraction of sp³-hybridized carbons (Fsp3) is 0.438. The minimum atomic E-state index is -1.01. The Balaban J connectivity index is 2.06. The second-order valence-corrected chi connectivity index (χ2v) is 6.12. The molecule has 1 atom stereocenters. The van der Waals surface area contributed by atoms with Crippen molar-refractivity contribution < 1.29 is 19.1 Å². The Bertz CT molecular complexity index is 559. The third kappa shape index (κ3) is 3.68. The zero-order valence-corrected chi connectivity index (χ0v) is 12.5. The van der Waals surface area contributed by atoms with Crippen LogP contribution in [0.2, 0.25) is 0 Å². The number of ether oxygens (including phenoxy) is 1. The van der Waals surface area contributed by atoms with Gasteiger partial charge in [0.05, 0.1) is 0 Å². The van der Waals surface area contributed by atoms with Crippen molar-refractivity contribution in [1.29, 1.82) is 0 Å². The second-order valence-electron chi connectivity index (χ2n) is 6.12. The van der Waals surface area contributed by atoms with Crippen LogP contribution in [0.1, 0.15) is 26.3 Å². The largest absolute Gasteiger partial charge is 0.459 e. The van der Waals surface area contributed by atoms with Crippen molar-refractivity contribution >= 4 is 17.7 Å². The van der Waals surface area contributed by atoms with Crippen LogP contribution in [0.5, 0.6) is 0 Å². The average Bonchev–Trinajstić information content (AvgIpc) is 2.66. The van der Waals surface area contributed by atoms with Gasteiger partial charge in [-0.15, -0.1) is 0 Å². The quantitative estimate of drug-likeness (QED) is 0.481. The average molecular weight is 289 g/mol. The molecule has 1 aromatic carbocycles. The van der Waals surface area contributed by atoms with Crippen LogP contribution >= 0.6 is 0 Å². The molecule has 1 fully saturated rings. The Hall–Kier alpha value is -2.17. The summed E-state index contributed by atoms with van der Waals surface area (Å²) in [6, 6.07) is 9.35. The van der Waals surface area contributed by atoms with Crippen molar-refractivity contribution in [2.75, 3.05) is 6.54 Å². The number of likely N-dealkylation sites (tertiary alicyclic amines) is 1. The van der Waals surface area contributed by atoms with E-state index in [0.717, 1.165) is 5.56 Å². The standard InChI is InChI=1S/C16H19NO4/c1-16(2,3)21-15(20)12-10-17(14(19)13(12)18)9-11-7-5-4-6-8-11/h4-8,12H,9-10H2,1-3H3. The van der Waals surface area contributed by atoms with E-state index in [1.165, 1.54) is 4.90 Å². The van der Waals surface area contributed by atoms with Gasteiger partial charge in [-0.3, -0.25) is 14.4 Å². The second kappa shape index (κ2) is 5.68. The van der Waals surface area contributed by atoms with E-state index in [0.29, 0.717) is 6.54 Å². The van der Waals surface area contributed by atoms with Crippen molar-refractivity contribution in [2.45, 2.75) is 32.9 Å². The van der Waals surface area contributed by atoms with Gasteiger partial charge < -0.3 is 9.64 Å². The molecule has 1 saturated heterocycles. The third-order valence-electron chi connectivity index (χ3n) is 3.13. The summed E-state index contributed by atoms with van der Waals surface area (Å²) >= 11 is 0. The Kier molecular flexibility index (Phi) is 4.11. The van der Waals surface area contributed by atoms with Gasteiger partial charge in [0, 0.05) is 13.1 Å². The molecule has 1 unspecified atom stereocenters. The molecule has 21 heavy (non-hydrogen) atoms. The molecule has 0 aromatic heterocycles. The van der Waals surface area contributed by atoms with Gasteiger partial charge in [-0.1, -0.05) is 30.3 Å². The molecule has 0 N–H and O–H groups in total. The Labute approximate surface area is 123 Å². The van der Waals surface area contributed by atoms with Gasteiger partial charge in [-0.2, -0.15) is 0 Å². The van der Waals surface area contributed by atoms with Crippen LogP contribution < -0.4 is 0 Å². The zero-order valence-electron chi connectivity index (χ0n) is 12.5. The van der Waals surface area contributed by atoms with E-state index in [2.05, 4.69) is 0 Å². The predicted octanol–water partition coefficient (Wildman–Crippen LogP) is 1.56. The molecule has 1 aliphatic heterocycles. The Morgan fingerprint density at radius 2 is 1.86 bits per heavy atom. The van der Waals surface area contributed by atoms with Gasteiger partial charge >= 0.3 is 5.97 Å².